The third kappa shape index (κ3) is 4.59. The van der Waals surface area contributed by atoms with Gasteiger partial charge in [-0.3, -0.25) is 9.59 Å². The molecule has 2 unspecified atom stereocenters. The molecule has 0 saturated carbocycles. The van der Waals surface area contributed by atoms with Crippen LogP contribution >= 0.6 is 12.4 Å². The van der Waals surface area contributed by atoms with E-state index >= 15 is 0 Å². The minimum Gasteiger partial charge on any atom is -0.342 e. The lowest BCUT2D eigenvalue weighted by Gasteiger charge is -2.35. The zero-order valence-corrected chi connectivity index (χ0v) is 14.7. The zero-order chi connectivity index (χ0) is 15.2. The fourth-order valence-corrected chi connectivity index (χ4v) is 3.59. The van der Waals surface area contributed by atoms with Gasteiger partial charge in [0.1, 0.15) is 0 Å². The maximum absolute atomic E-state index is 12.8. The smallest absolute Gasteiger partial charge is 0.227 e. The second kappa shape index (κ2) is 9.36. The van der Waals surface area contributed by atoms with Crippen molar-refractivity contribution < 1.29 is 9.59 Å². The van der Waals surface area contributed by atoms with Crippen LogP contribution in [0.25, 0.3) is 0 Å². The SMILES string of the molecule is CCCC(=O)N1CCCC(C(=O)N2CCCC2CNC)C1.Cl. The van der Waals surface area contributed by atoms with Crippen molar-refractivity contribution in [3.8, 4) is 0 Å². The lowest BCUT2D eigenvalue weighted by Crippen LogP contribution is -2.49. The van der Waals surface area contributed by atoms with E-state index < -0.39 is 0 Å². The highest BCUT2D eigenvalue weighted by Crippen LogP contribution is 2.24. The summed E-state index contributed by atoms with van der Waals surface area (Å²) in [7, 11) is 1.94. The van der Waals surface area contributed by atoms with Crippen molar-refractivity contribution in [2.75, 3.05) is 33.2 Å². The first kappa shape index (κ1) is 19.2. The molecular formula is C16H30ClN3O2. The molecule has 2 aliphatic heterocycles. The summed E-state index contributed by atoms with van der Waals surface area (Å²) < 4.78 is 0. The fraction of sp³-hybridized carbons (Fsp3) is 0.875. The van der Waals surface area contributed by atoms with Gasteiger partial charge in [0, 0.05) is 38.6 Å². The first-order chi connectivity index (χ1) is 10.2. The molecule has 2 atom stereocenters. The van der Waals surface area contributed by atoms with Gasteiger partial charge in [-0.25, -0.2) is 0 Å². The third-order valence-electron chi connectivity index (χ3n) is 4.69. The fourth-order valence-electron chi connectivity index (χ4n) is 3.59. The molecule has 22 heavy (non-hydrogen) atoms. The van der Waals surface area contributed by atoms with Crippen LogP contribution in [0.3, 0.4) is 0 Å². The van der Waals surface area contributed by atoms with Gasteiger partial charge in [0.2, 0.25) is 11.8 Å². The van der Waals surface area contributed by atoms with Crippen LogP contribution in [0.5, 0.6) is 0 Å². The quantitative estimate of drug-likeness (QED) is 0.833. The molecule has 2 fully saturated rings. The number of nitrogens with one attached hydrogen (secondary N) is 1. The number of amides is 2. The molecular weight excluding hydrogens is 302 g/mol. The van der Waals surface area contributed by atoms with E-state index in [1.165, 1.54) is 0 Å². The van der Waals surface area contributed by atoms with Crippen LogP contribution in [0.1, 0.15) is 45.4 Å². The molecule has 2 rings (SSSR count). The number of likely N-dealkylation sites (tertiary alicyclic amines) is 2. The molecule has 0 aliphatic carbocycles. The van der Waals surface area contributed by atoms with Crippen LogP contribution in [-0.2, 0) is 9.59 Å². The molecule has 0 bridgehead atoms. The summed E-state index contributed by atoms with van der Waals surface area (Å²) in [5.74, 6) is 0.488. The van der Waals surface area contributed by atoms with Gasteiger partial charge < -0.3 is 15.1 Å². The molecule has 5 nitrogen and oxygen atoms in total. The van der Waals surface area contributed by atoms with Gasteiger partial charge in [-0.2, -0.15) is 0 Å². The lowest BCUT2D eigenvalue weighted by molar-refractivity contribution is -0.141. The van der Waals surface area contributed by atoms with E-state index in [-0.39, 0.29) is 30.1 Å². The Morgan fingerprint density at radius 3 is 2.59 bits per heavy atom. The van der Waals surface area contributed by atoms with E-state index in [0.29, 0.717) is 19.0 Å². The van der Waals surface area contributed by atoms with Crippen molar-refractivity contribution in [1.82, 2.24) is 15.1 Å². The lowest BCUT2D eigenvalue weighted by atomic mass is 9.95. The van der Waals surface area contributed by atoms with Gasteiger partial charge in [0.25, 0.3) is 0 Å². The number of halogens is 1. The van der Waals surface area contributed by atoms with E-state index in [1.807, 2.05) is 18.9 Å². The first-order valence-electron chi connectivity index (χ1n) is 8.40. The molecule has 2 aliphatic rings. The van der Waals surface area contributed by atoms with Gasteiger partial charge >= 0.3 is 0 Å². The first-order valence-corrected chi connectivity index (χ1v) is 8.40. The van der Waals surface area contributed by atoms with Crippen LogP contribution in [0.4, 0.5) is 0 Å². The predicted molar refractivity (Wildman–Crippen MR) is 90.1 cm³/mol. The van der Waals surface area contributed by atoms with Gasteiger partial charge in [-0.05, 0) is 39.2 Å². The Morgan fingerprint density at radius 2 is 1.91 bits per heavy atom. The summed E-state index contributed by atoms with van der Waals surface area (Å²) in [6.07, 6.45) is 5.56. The Bertz CT molecular complexity index is 378. The Kier molecular flexibility index (Phi) is 8.18. The van der Waals surface area contributed by atoms with E-state index in [4.69, 9.17) is 0 Å². The Balaban J connectivity index is 0.00000242. The number of hydrogen-bond donors (Lipinski definition) is 1. The number of piperidine rings is 1. The number of rotatable bonds is 5. The summed E-state index contributed by atoms with van der Waals surface area (Å²) in [5.41, 5.74) is 0. The maximum atomic E-state index is 12.8. The molecule has 0 aromatic rings. The number of hydrogen-bond acceptors (Lipinski definition) is 3. The average Bonchev–Trinajstić information content (AvgIpc) is 2.95. The average molecular weight is 332 g/mol. The van der Waals surface area contributed by atoms with Crippen molar-refractivity contribution in [2.45, 2.75) is 51.5 Å². The number of likely N-dealkylation sites (N-methyl/N-ethyl adjacent to an activating group) is 1. The second-order valence-electron chi connectivity index (χ2n) is 6.31. The monoisotopic (exact) mass is 331 g/mol. The van der Waals surface area contributed by atoms with E-state index in [2.05, 4.69) is 10.2 Å². The molecule has 0 radical (unpaired) electrons. The molecule has 6 heteroatoms. The van der Waals surface area contributed by atoms with Crippen molar-refractivity contribution in [1.29, 1.82) is 0 Å². The zero-order valence-electron chi connectivity index (χ0n) is 13.8. The number of nitrogens with zero attached hydrogens (tertiary/aromatic N) is 2. The second-order valence-corrected chi connectivity index (χ2v) is 6.31. The maximum Gasteiger partial charge on any atom is 0.227 e. The third-order valence-corrected chi connectivity index (χ3v) is 4.69. The van der Waals surface area contributed by atoms with Crippen LogP contribution in [-0.4, -0.2) is 60.9 Å². The molecule has 0 spiro atoms. The predicted octanol–water partition coefficient (Wildman–Crippen LogP) is 1.66. The number of carbonyl (C=O) groups excluding carboxylic acids is 2. The largest absolute Gasteiger partial charge is 0.342 e. The Hall–Kier alpha value is -0.810. The van der Waals surface area contributed by atoms with Crippen LogP contribution in [0.2, 0.25) is 0 Å². The Morgan fingerprint density at radius 1 is 1.18 bits per heavy atom. The summed E-state index contributed by atoms with van der Waals surface area (Å²) in [6, 6.07) is 0.337. The summed E-state index contributed by atoms with van der Waals surface area (Å²) in [6.45, 7) is 5.22. The van der Waals surface area contributed by atoms with Crippen molar-refractivity contribution >= 4 is 24.2 Å². The molecule has 0 aromatic heterocycles. The normalized spacial score (nSPS) is 25.0. The van der Waals surface area contributed by atoms with Crippen molar-refractivity contribution in [2.24, 2.45) is 5.92 Å². The van der Waals surface area contributed by atoms with E-state index in [0.717, 1.165) is 51.7 Å². The van der Waals surface area contributed by atoms with Crippen LogP contribution in [0, 0.1) is 5.92 Å². The van der Waals surface area contributed by atoms with Gasteiger partial charge in [0.05, 0.1) is 5.92 Å². The highest BCUT2D eigenvalue weighted by Gasteiger charge is 2.35. The Labute approximate surface area is 140 Å². The van der Waals surface area contributed by atoms with Gasteiger partial charge in [-0.1, -0.05) is 6.92 Å². The summed E-state index contributed by atoms with van der Waals surface area (Å²) in [5, 5.41) is 3.18. The molecule has 2 amide bonds. The standard InChI is InChI=1S/C16H29N3O2.ClH/c1-3-6-15(20)18-9-4-7-13(12-18)16(21)19-10-5-8-14(19)11-17-2;/h13-14,17H,3-12H2,1-2H3;1H. The molecule has 1 N–H and O–H groups in total. The van der Waals surface area contributed by atoms with E-state index in [9.17, 15) is 9.59 Å². The van der Waals surface area contributed by atoms with Crippen LogP contribution < -0.4 is 5.32 Å². The summed E-state index contributed by atoms with van der Waals surface area (Å²) in [4.78, 5) is 28.8. The molecule has 2 saturated heterocycles. The molecule has 128 valence electrons. The van der Waals surface area contributed by atoms with Crippen LogP contribution in [0.15, 0.2) is 0 Å². The highest BCUT2D eigenvalue weighted by molar-refractivity contribution is 5.85. The van der Waals surface area contributed by atoms with Crippen molar-refractivity contribution in [3.05, 3.63) is 0 Å². The van der Waals surface area contributed by atoms with E-state index in [1.54, 1.807) is 0 Å². The molecule has 0 aromatic carbocycles. The van der Waals surface area contributed by atoms with Gasteiger partial charge in [0.15, 0.2) is 0 Å². The summed E-state index contributed by atoms with van der Waals surface area (Å²) >= 11 is 0. The molecule has 2 heterocycles. The topological polar surface area (TPSA) is 52.7 Å². The minimum atomic E-state index is 0. The minimum absolute atomic E-state index is 0. The van der Waals surface area contributed by atoms with Gasteiger partial charge in [-0.15, -0.1) is 12.4 Å². The highest BCUT2D eigenvalue weighted by atomic mass is 35.5. The van der Waals surface area contributed by atoms with Crippen molar-refractivity contribution in [3.63, 3.8) is 0 Å². The number of carbonyl (C=O) groups is 2.